The number of carbonyl (C=O) groups excluding carboxylic acids is 2. The minimum Gasteiger partial charge on any atom is -0.497 e. The smallest absolute Gasteiger partial charge is 0.348 e. The third kappa shape index (κ3) is 5.62. The van der Waals surface area contributed by atoms with Gasteiger partial charge in [0.1, 0.15) is 46.2 Å². The molecule has 4 rings (SSSR count). The van der Waals surface area contributed by atoms with Crippen LogP contribution in [-0.2, 0) is 9.53 Å². The number of thiophene rings is 1. The van der Waals surface area contributed by atoms with Gasteiger partial charge in [0.25, 0.3) is 5.56 Å². The van der Waals surface area contributed by atoms with Gasteiger partial charge in [0, 0.05) is 6.07 Å². The number of anilines is 1. The molecule has 0 aliphatic heterocycles. The number of nitrogens with zero attached hydrogens (tertiary/aromatic N) is 2. The summed E-state index contributed by atoms with van der Waals surface area (Å²) in [6.07, 6.45) is 1.30. The summed E-state index contributed by atoms with van der Waals surface area (Å²) in [4.78, 5) is 44.1. The Balaban J connectivity index is 1.49. The molecule has 10 nitrogen and oxygen atoms in total. The van der Waals surface area contributed by atoms with Crippen molar-refractivity contribution < 1.29 is 28.5 Å². The fraction of sp³-hybridized carbons (Fsp3) is 0.259. The van der Waals surface area contributed by atoms with E-state index in [4.69, 9.17) is 18.9 Å². The van der Waals surface area contributed by atoms with Crippen LogP contribution < -0.4 is 25.1 Å². The van der Waals surface area contributed by atoms with Gasteiger partial charge in [-0.25, -0.2) is 9.78 Å². The van der Waals surface area contributed by atoms with Gasteiger partial charge in [0.05, 0.1) is 31.6 Å². The van der Waals surface area contributed by atoms with Gasteiger partial charge in [-0.15, -0.1) is 11.3 Å². The molecule has 1 atom stereocenters. The van der Waals surface area contributed by atoms with Crippen LogP contribution in [0.4, 0.5) is 5.69 Å². The number of esters is 1. The summed E-state index contributed by atoms with van der Waals surface area (Å²) in [6.45, 7) is 3.48. The number of aromatic nitrogens is 2. The number of rotatable bonds is 10. The van der Waals surface area contributed by atoms with Crippen molar-refractivity contribution >= 4 is 39.1 Å². The van der Waals surface area contributed by atoms with Gasteiger partial charge in [-0.2, -0.15) is 0 Å². The van der Waals surface area contributed by atoms with Crippen molar-refractivity contribution in [3.05, 3.63) is 75.7 Å². The lowest BCUT2D eigenvalue weighted by Gasteiger charge is -2.17. The summed E-state index contributed by atoms with van der Waals surface area (Å²) in [5, 5.41) is 3.04. The van der Waals surface area contributed by atoms with E-state index in [-0.39, 0.29) is 23.5 Å². The topological polar surface area (TPSA) is 118 Å². The molecule has 0 bridgehead atoms. The minimum atomic E-state index is -0.903. The van der Waals surface area contributed by atoms with Gasteiger partial charge in [-0.05, 0) is 43.7 Å². The number of hydrogen-bond acceptors (Lipinski definition) is 9. The Morgan fingerprint density at radius 2 is 1.82 bits per heavy atom. The zero-order valence-corrected chi connectivity index (χ0v) is 22.2. The predicted octanol–water partition coefficient (Wildman–Crippen LogP) is 4.22. The molecule has 0 aliphatic carbocycles. The van der Waals surface area contributed by atoms with E-state index in [1.54, 1.807) is 32.0 Å². The zero-order valence-electron chi connectivity index (χ0n) is 21.3. The van der Waals surface area contributed by atoms with Crippen molar-refractivity contribution in [1.29, 1.82) is 0 Å². The average molecular weight is 538 g/mol. The third-order valence-corrected chi connectivity index (χ3v) is 7.03. The number of carbonyl (C=O) groups is 2. The van der Waals surface area contributed by atoms with E-state index in [0.29, 0.717) is 33.3 Å². The van der Waals surface area contributed by atoms with Crippen molar-refractivity contribution in [3.63, 3.8) is 0 Å². The zero-order chi connectivity index (χ0) is 27.2. The Hall–Kier alpha value is -4.38. The summed E-state index contributed by atoms with van der Waals surface area (Å²) in [5.41, 5.74) is 0.419. The number of methoxy groups -OCH3 is 2. The molecule has 0 saturated heterocycles. The Labute approximate surface area is 222 Å². The quantitative estimate of drug-likeness (QED) is 0.236. The maximum atomic E-state index is 13.4. The largest absolute Gasteiger partial charge is 0.497 e. The molecule has 1 amide bonds. The lowest BCUT2D eigenvalue weighted by molar-refractivity contribution is -0.118. The van der Waals surface area contributed by atoms with Crippen molar-refractivity contribution in [1.82, 2.24) is 9.55 Å². The summed E-state index contributed by atoms with van der Waals surface area (Å²) < 4.78 is 22.6. The Morgan fingerprint density at radius 3 is 2.53 bits per heavy atom. The van der Waals surface area contributed by atoms with Gasteiger partial charge in [-0.1, -0.05) is 18.2 Å². The van der Waals surface area contributed by atoms with Crippen molar-refractivity contribution in [2.45, 2.75) is 19.9 Å². The molecule has 0 saturated carbocycles. The molecule has 4 aromatic rings. The van der Waals surface area contributed by atoms with Crippen LogP contribution in [0.2, 0.25) is 0 Å². The van der Waals surface area contributed by atoms with Gasteiger partial charge in [0.15, 0.2) is 0 Å². The molecule has 2 aromatic carbocycles. The molecule has 0 aliphatic rings. The van der Waals surface area contributed by atoms with Crippen molar-refractivity contribution in [3.8, 4) is 17.2 Å². The number of benzene rings is 2. The first-order chi connectivity index (χ1) is 18.3. The molecule has 0 fully saturated rings. The molecular weight excluding hydrogens is 510 g/mol. The summed E-state index contributed by atoms with van der Waals surface area (Å²) in [6, 6.07) is 13.3. The lowest BCUT2D eigenvalue weighted by Crippen LogP contribution is -2.32. The molecule has 1 unspecified atom stereocenters. The van der Waals surface area contributed by atoms with Crippen LogP contribution in [0, 0.1) is 6.92 Å². The number of amides is 1. The van der Waals surface area contributed by atoms with Gasteiger partial charge < -0.3 is 24.3 Å². The first kappa shape index (κ1) is 26.7. The number of ether oxygens (including phenoxy) is 4. The maximum Gasteiger partial charge on any atom is 0.348 e. The molecule has 0 radical (unpaired) electrons. The van der Waals surface area contributed by atoms with Gasteiger partial charge in [-0.3, -0.25) is 14.2 Å². The number of fused-ring (bicyclic) bond motifs is 1. The molecular formula is C27H27N3O7S. The second-order valence-corrected chi connectivity index (χ2v) is 9.22. The summed E-state index contributed by atoms with van der Waals surface area (Å²) in [7, 11) is 3.00. The monoisotopic (exact) mass is 537 g/mol. The van der Waals surface area contributed by atoms with Crippen LogP contribution in [0.1, 0.15) is 28.2 Å². The van der Waals surface area contributed by atoms with Gasteiger partial charge in [0.2, 0.25) is 5.91 Å². The number of para-hydroxylation sites is 1. The second kappa shape index (κ2) is 11.8. The standard InChI is InChI=1S/C27H27N3O7S/c1-16-22-25(38-23(16)27(33)37-13-12-36-18-8-6-5-7-9-18)28-15-30(26(22)32)17(2)24(31)29-20-14-19(34-3)10-11-21(20)35-4/h5-11,14-15,17H,12-13H2,1-4H3,(H,29,31). The summed E-state index contributed by atoms with van der Waals surface area (Å²) >= 11 is 1.07. The lowest BCUT2D eigenvalue weighted by atomic mass is 10.2. The molecule has 11 heteroatoms. The van der Waals surface area contributed by atoms with Gasteiger partial charge >= 0.3 is 5.97 Å². The van der Waals surface area contributed by atoms with Crippen molar-refractivity contribution in [2.75, 3.05) is 32.8 Å². The Bertz CT molecular complexity index is 1510. The van der Waals surface area contributed by atoms with Crippen LogP contribution in [0.3, 0.4) is 0 Å². The minimum absolute atomic E-state index is 0.0456. The Morgan fingerprint density at radius 1 is 1.05 bits per heavy atom. The Kier molecular flexibility index (Phi) is 8.27. The van der Waals surface area contributed by atoms with Crippen LogP contribution >= 0.6 is 11.3 Å². The third-order valence-electron chi connectivity index (χ3n) is 5.85. The highest BCUT2D eigenvalue weighted by atomic mass is 32.1. The van der Waals surface area contributed by atoms with E-state index in [2.05, 4.69) is 10.3 Å². The number of nitrogens with one attached hydrogen (secondary N) is 1. The van der Waals surface area contributed by atoms with Crippen LogP contribution in [0.15, 0.2) is 59.7 Å². The molecule has 2 aromatic heterocycles. The first-order valence-corrected chi connectivity index (χ1v) is 12.5. The van der Waals surface area contributed by atoms with E-state index in [1.165, 1.54) is 25.1 Å². The molecule has 0 spiro atoms. The number of hydrogen-bond donors (Lipinski definition) is 1. The van der Waals surface area contributed by atoms with E-state index >= 15 is 0 Å². The fourth-order valence-corrected chi connectivity index (χ4v) is 4.79. The first-order valence-electron chi connectivity index (χ1n) is 11.7. The van der Waals surface area contributed by atoms with Crippen LogP contribution in [0.5, 0.6) is 17.2 Å². The average Bonchev–Trinajstić information content (AvgIpc) is 3.28. The van der Waals surface area contributed by atoms with Crippen LogP contribution in [-0.4, -0.2) is 48.9 Å². The van der Waals surface area contributed by atoms with E-state index in [1.807, 2.05) is 30.3 Å². The van der Waals surface area contributed by atoms with E-state index in [0.717, 1.165) is 11.3 Å². The SMILES string of the molecule is COc1ccc(OC)c(NC(=O)C(C)n2cnc3sc(C(=O)OCCOc4ccccc4)c(C)c3c2=O)c1. The highest BCUT2D eigenvalue weighted by Crippen LogP contribution is 2.30. The second-order valence-electron chi connectivity index (χ2n) is 8.22. The molecule has 2 heterocycles. The fourth-order valence-electron chi connectivity index (χ4n) is 3.76. The summed E-state index contributed by atoms with van der Waals surface area (Å²) in [5.74, 6) is 0.635. The van der Waals surface area contributed by atoms with E-state index < -0.39 is 23.5 Å². The normalized spacial score (nSPS) is 11.6. The predicted molar refractivity (Wildman–Crippen MR) is 144 cm³/mol. The molecule has 198 valence electrons. The van der Waals surface area contributed by atoms with Crippen LogP contribution in [0.25, 0.3) is 10.2 Å². The highest BCUT2D eigenvalue weighted by molar-refractivity contribution is 7.20. The highest BCUT2D eigenvalue weighted by Gasteiger charge is 2.24. The molecule has 38 heavy (non-hydrogen) atoms. The number of aryl methyl sites for hydroxylation is 1. The molecule has 1 N–H and O–H groups in total. The van der Waals surface area contributed by atoms with Crippen molar-refractivity contribution in [2.24, 2.45) is 0 Å². The van der Waals surface area contributed by atoms with E-state index in [9.17, 15) is 14.4 Å². The maximum absolute atomic E-state index is 13.4.